The molecule has 0 saturated heterocycles. The van der Waals surface area contributed by atoms with E-state index in [0.29, 0.717) is 24.3 Å². The van der Waals surface area contributed by atoms with Crippen LogP contribution in [0.3, 0.4) is 0 Å². The molecule has 0 spiro atoms. The van der Waals surface area contributed by atoms with Gasteiger partial charge in [0.25, 0.3) is 5.91 Å². The van der Waals surface area contributed by atoms with Gasteiger partial charge in [-0.3, -0.25) is 14.4 Å². The number of alkyl carbamates (subject to hydrolysis) is 1. The van der Waals surface area contributed by atoms with E-state index in [-0.39, 0.29) is 31.9 Å². The summed E-state index contributed by atoms with van der Waals surface area (Å²) in [6.45, 7) is 4.76. The summed E-state index contributed by atoms with van der Waals surface area (Å²) in [5, 5.41) is 6.52. The second-order valence-corrected chi connectivity index (χ2v) is 13.1. The first kappa shape index (κ1) is 36.6. The zero-order valence-corrected chi connectivity index (χ0v) is 29.3. The van der Waals surface area contributed by atoms with Gasteiger partial charge in [-0.25, -0.2) is 4.79 Å². The van der Waals surface area contributed by atoms with E-state index in [1.807, 2.05) is 74.5 Å². The first-order chi connectivity index (χ1) is 24.7. The van der Waals surface area contributed by atoms with E-state index in [0.717, 1.165) is 22.0 Å². The monoisotopic (exact) mass is 687 g/mol. The number of hydrogen-bond acceptors (Lipinski definition) is 6. The van der Waals surface area contributed by atoms with E-state index in [9.17, 15) is 19.2 Å². The Labute approximate surface area is 299 Å². The number of ketones is 2. The van der Waals surface area contributed by atoms with Gasteiger partial charge in [0.15, 0.2) is 5.78 Å². The fourth-order valence-electron chi connectivity index (χ4n) is 6.18. The van der Waals surface area contributed by atoms with Crippen LogP contribution < -0.4 is 15.4 Å². The van der Waals surface area contributed by atoms with Gasteiger partial charge in [-0.1, -0.05) is 105 Å². The molecule has 264 valence electrons. The van der Waals surface area contributed by atoms with Crippen molar-refractivity contribution < 1.29 is 28.7 Å². The Bertz CT molecular complexity index is 1920. The van der Waals surface area contributed by atoms with Crippen LogP contribution in [0, 0.1) is 11.8 Å². The Balaban J connectivity index is 1.30. The Morgan fingerprint density at radius 2 is 1.41 bits per heavy atom. The van der Waals surface area contributed by atoms with Crippen LogP contribution in [0.5, 0.6) is 5.75 Å². The summed E-state index contributed by atoms with van der Waals surface area (Å²) in [5.41, 5.74) is 4.76. The van der Waals surface area contributed by atoms with Crippen molar-refractivity contribution >= 4 is 34.5 Å². The predicted octanol–water partition coefficient (Wildman–Crippen LogP) is 6.70. The largest absolute Gasteiger partial charge is 0.497 e. The molecule has 5 aromatic rings. The molecule has 1 aromatic heterocycles. The van der Waals surface area contributed by atoms with Crippen LogP contribution in [0.1, 0.15) is 42.5 Å². The average Bonchev–Trinajstić information content (AvgIpc) is 3.49. The van der Waals surface area contributed by atoms with Gasteiger partial charge >= 0.3 is 6.09 Å². The van der Waals surface area contributed by atoms with Crippen LogP contribution in [-0.2, 0) is 45.1 Å². The summed E-state index contributed by atoms with van der Waals surface area (Å²) in [6.07, 6.45) is 2.05. The number of para-hydroxylation sites is 1. The Morgan fingerprint density at radius 3 is 2.08 bits per heavy atom. The number of benzene rings is 4. The second kappa shape index (κ2) is 17.8. The average molecular weight is 688 g/mol. The molecule has 9 heteroatoms. The van der Waals surface area contributed by atoms with Crippen molar-refractivity contribution in [2.24, 2.45) is 11.8 Å². The zero-order chi connectivity index (χ0) is 36.2. The quantitative estimate of drug-likeness (QED) is 0.0831. The number of hydrogen-bond donors (Lipinski definition) is 2. The topological polar surface area (TPSA) is 116 Å². The minimum absolute atomic E-state index is 0.00274. The number of Topliss-reactive ketones (excluding diaryl/α,β-unsaturated/α-hetero) is 2. The zero-order valence-electron chi connectivity index (χ0n) is 29.3. The number of carbonyl (C=O) groups excluding carboxylic acids is 4. The fourth-order valence-corrected chi connectivity index (χ4v) is 6.18. The van der Waals surface area contributed by atoms with Crippen molar-refractivity contribution in [2.45, 2.75) is 52.3 Å². The molecule has 2 amide bonds. The first-order valence-electron chi connectivity index (χ1n) is 17.3. The highest BCUT2D eigenvalue weighted by Gasteiger charge is 2.37. The lowest BCUT2D eigenvalue weighted by molar-refractivity contribution is -0.144. The molecule has 9 nitrogen and oxygen atoms in total. The van der Waals surface area contributed by atoms with Gasteiger partial charge in [-0.2, -0.15) is 0 Å². The van der Waals surface area contributed by atoms with Gasteiger partial charge in [0.2, 0.25) is 5.78 Å². The second-order valence-electron chi connectivity index (χ2n) is 13.1. The molecule has 1 heterocycles. The van der Waals surface area contributed by atoms with Gasteiger partial charge in [0.1, 0.15) is 12.4 Å². The van der Waals surface area contributed by atoms with Gasteiger partial charge < -0.3 is 24.7 Å². The minimum Gasteiger partial charge on any atom is -0.497 e. The molecule has 0 aliphatic heterocycles. The maximum Gasteiger partial charge on any atom is 0.408 e. The molecule has 0 aliphatic rings. The summed E-state index contributed by atoms with van der Waals surface area (Å²) >= 11 is 0. The number of aromatic nitrogens is 1. The van der Waals surface area contributed by atoms with Gasteiger partial charge in [-0.05, 0) is 65.6 Å². The van der Waals surface area contributed by atoms with Crippen LogP contribution in [0.4, 0.5) is 4.79 Å². The number of methoxy groups -OCH3 is 1. The molecular weight excluding hydrogens is 642 g/mol. The number of fused-ring (bicyclic) bond motifs is 1. The van der Waals surface area contributed by atoms with E-state index in [4.69, 9.17) is 9.47 Å². The molecule has 0 bridgehead atoms. The van der Waals surface area contributed by atoms with E-state index in [2.05, 4.69) is 45.7 Å². The third-order valence-electron chi connectivity index (χ3n) is 8.78. The number of rotatable bonds is 17. The predicted molar refractivity (Wildman–Crippen MR) is 197 cm³/mol. The van der Waals surface area contributed by atoms with Gasteiger partial charge in [-0.15, -0.1) is 0 Å². The summed E-state index contributed by atoms with van der Waals surface area (Å²) in [5.74, 6) is -2.94. The fraction of sp³-hybridized carbons (Fsp3) is 0.286. The number of nitrogens with zero attached hydrogens (tertiary/aromatic N) is 1. The van der Waals surface area contributed by atoms with Crippen LogP contribution in [-0.4, -0.2) is 47.8 Å². The molecular formula is C42H45N3O6. The third kappa shape index (κ3) is 10.2. The van der Waals surface area contributed by atoms with Gasteiger partial charge in [0, 0.05) is 30.2 Å². The maximum absolute atomic E-state index is 14.2. The molecule has 4 aromatic carbocycles. The molecule has 51 heavy (non-hydrogen) atoms. The molecule has 0 radical (unpaired) electrons. The van der Waals surface area contributed by atoms with Crippen molar-refractivity contribution in [3.63, 3.8) is 0 Å². The van der Waals surface area contributed by atoms with Crippen molar-refractivity contribution in [3.8, 4) is 5.75 Å². The maximum atomic E-state index is 14.2. The molecule has 0 saturated carbocycles. The standard InChI is InChI=1S/C42H45N3O6/c1-29(2)24-37(44-42(49)51-28-32-14-8-5-9-15-32)39(46)36(25-30-18-20-34(50-3)21-19-30)40(47)41(48)43-23-22-33-27-45(26-31-12-6-4-7-13-31)38-17-11-10-16-35(33)38/h4-21,27,29,36-37H,22-26,28H2,1-3H3,(H,43,48)(H,44,49). The third-order valence-corrected chi connectivity index (χ3v) is 8.78. The molecule has 2 atom stereocenters. The highest BCUT2D eigenvalue weighted by molar-refractivity contribution is 6.40. The summed E-state index contributed by atoms with van der Waals surface area (Å²) in [7, 11) is 1.55. The summed E-state index contributed by atoms with van der Waals surface area (Å²) in [6, 6.07) is 33.4. The Kier molecular flexibility index (Phi) is 12.8. The van der Waals surface area contributed by atoms with E-state index >= 15 is 0 Å². The van der Waals surface area contributed by atoms with E-state index in [1.165, 1.54) is 5.56 Å². The molecule has 2 N–H and O–H groups in total. The van der Waals surface area contributed by atoms with Gasteiger partial charge in [0.05, 0.1) is 19.1 Å². The van der Waals surface area contributed by atoms with Crippen molar-refractivity contribution in [2.75, 3.05) is 13.7 Å². The smallest absolute Gasteiger partial charge is 0.408 e. The SMILES string of the molecule is COc1ccc(CC(C(=O)C(=O)NCCc2cn(Cc3ccccc3)c3ccccc23)C(=O)C(CC(C)C)NC(=O)OCc2ccccc2)cc1. The van der Waals surface area contributed by atoms with E-state index in [1.54, 1.807) is 31.4 Å². The Morgan fingerprint density at radius 1 is 0.765 bits per heavy atom. The highest BCUT2D eigenvalue weighted by atomic mass is 16.5. The van der Waals surface area contributed by atoms with E-state index < -0.39 is 35.5 Å². The van der Waals surface area contributed by atoms with Crippen LogP contribution in [0.25, 0.3) is 10.9 Å². The molecule has 5 rings (SSSR count). The van der Waals surface area contributed by atoms with Crippen LogP contribution >= 0.6 is 0 Å². The lowest BCUT2D eigenvalue weighted by atomic mass is 9.85. The van der Waals surface area contributed by atoms with Crippen molar-refractivity contribution in [3.05, 3.63) is 138 Å². The summed E-state index contributed by atoms with van der Waals surface area (Å²) in [4.78, 5) is 54.3. The Hall–Kier alpha value is -5.70. The highest BCUT2D eigenvalue weighted by Crippen LogP contribution is 2.23. The van der Waals surface area contributed by atoms with Crippen LogP contribution in [0.2, 0.25) is 0 Å². The first-order valence-corrected chi connectivity index (χ1v) is 17.3. The number of amides is 2. The minimum atomic E-state index is -1.33. The molecule has 0 aliphatic carbocycles. The van der Waals surface area contributed by atoms with Crippen molar-refractivity contribution in [1.82, 2.24) is 15.2 Å². The van der Waals surface area contributed by atoms with Crippen molar-refractivity contribution in [1.29, 1.82) is 0 Å². The lowest BCUT2D eigenvalue weighted by Crippen LogP contribution is -2.49. The lowest BCUT2D eigenvalue weighted by Gasteiger charge is -2.24. The number of carbonyl (C=O) groups is 4. The number of nitrogens with one attached hydrogen (secondary N) is 2. The normalized spacial score (nSPS) is 12.2. The number of ether oxygens (including phenoxy) is 2. The van der Waals surface area contributed by atoms with Crippen LogP contribution in [0.15, 0.2) is 115 Å². The summed E-state index contributed by atoms with van der Waals surface area (Å²) < 4.78 is 12.8. The molecule has 0 fully saturated rings. The molecule has 2 unspecified atom stereocenters.